The van der Waals surface area contributed by atoms with Gasteiger partial charge >= 0.3 is 0 Å². The first-order valence-electron chi connectivity index (χ1n) is 11.2. The van der Waals surface area contributed by atoms with Gasteiger partial charge in [-0.3, -0.25) is 0 Å². The van der Waals surface area contributed by atoms with E-state index in [9.17, 15) is 10.2 Å². The average Bonchev–Trinajstić information content (AvgIpc) is 2.63. The van der Waals surface area contributed by atoms with Crippen molar-refractivity contribution in [2.45, 2.75) is 129 Å². The first-order valence-corrected chi connectivity index (χ1v) is 11.2. The molecule has 0 aromatic carbocycles. The van der Waals surface area contributed by atoms with E-state index in [4.69, 9.17) is 10.2 Å². The maximum atomic E-state index is 9.51. The van der Waals surface area contributed by atoms with Crippen LogP contribution in [0.3, 0.4) is 0 Å². The minimum absolute atomic E-state index is 0.106. The highest BCUT2D eigenvalue weighted by Gasteiger charge is 2.03. The Bertz CT molecular complexity index is 212. The van der Waals surface area contributed by atoms with Gasteiger partial charge in [0.1, 0.15) is 0 Å². The summed E-state index contributed by atoms with van der Waals surface area (Å²) >= 11 is 0. The molecular formula is C22H48O4. The molecule has 26 heavy (non-hydrogen) atoms. The lowest BCUT2D eigenvalue weighted by atomic mass is 10.0. The van der Waals surface area contributed by atoms with Gasteiger partial charge in [-0.15, -0.1) is 0 Å². The van der Waals surface area contributed by atoms with Crippen LogP contribution < -0.4 is 0 Å². The van der Waals surface area contributed by atoms with Crippen molar-refractivity contribution in [3.05, 3.63) is 0 Å². The largest absolute Gasteiger partial charge is 0.396 e. The summed E-state index contributed by atoms with van der Waals surface area (Å²) in [5, 5.41) is 36.1. The van der Waals surface area contributed by atoms with Crippen LogP contribution in [0.1, 0.15) is 117 Å². The summed E-state index contributed by atoms with van der Waals surface area (Å²) in [5.41, 5.74) is 0. The highest BCUT2D eigenvalue weighted by Crippen LogP contribution is 2.11. The van der Waals surface area contributed by atoms with Crippen LogP contribution in [0.2, 0.25) is 0 Å². The zero-order valence-corrected chi connectivity index (χ0v) is 17.7. The Hall–Kier alpha value is -0.160. The third-order valence-corrected chi connectivity index (χ3v) is 4.67. The van der Waals surface area contributed by atoms with Crippen molar-refractivity contribution >= 4 is 0 Å². The van der Waals surface area contributed by atoms with Crippen molar-refractivity contribution < 1.29 is 20.4 Å². The van der Waals surface area contributed by atoms with Crippen LogP contribution in [-0.4, -0.2) is 45.8 Å². The fourth-order valence-corrected chi connectivity index (χ4v) is 2.89. The zero-order valence-electron chi connectivity index (χ0n) is 17.7. The van der Waals surface area contributed by atoms with Crippen LogP contribution in [-0.2, 0) is 0 Å². The third kappa shape index (κ3) is 26.1. The predicted molar refractivity (Wildman–Crippen MR) is 111 cm³/mol. The van der Waals surface area contributed by atoms with E-state index in [0.29, 0.717) is 0 Å². The second-order valence-corrected chi connectivity index (χ2v) is 7.45. The van der Waals surface area contributed by atoms with Gasteiger partial charge in [0.15, 0.2) is 0 Å². The Kier molecular flexibility index (Phi) is 26.8. The lowest BCUT2D eigenvalue weighted by Crippen LogP contribution is -2.05. The quantitative estimate of drug-likeness (QED) is 0.255. The zero-order chi connectivity index (χ0) is 19.9. The molecule has 0 amide bonds. The van der Waals surface area contributed by atoms with Crippen LogP contribution in [0.15, 0.2) is 0 Å². The van der Waals surface area contributed by atoms with E-state index in [-0.39, 0.29) is 25.4 Å². The molecule has 2 unspecified atom stereocenters. The van der Waals surface area contributed by atoms with Crippen molar-refractivity contribution in [1.82, 2.24) is 0 Å². The number of rotatable bonds is 18. The van der Waals surface area contributed by atoms with E-state index >= 15 is 0 Å². The molecule has 0 aromatic rings. The highest BCUT2D eigenvalue weighted by atomic mass is 16.3. The van der Waals surface area contributed by atoms with E-state index in [1.54, 1.807) is 0 Å². The van der Waals surface area contributed by atoms with Crippen LogP contribution in [0, 0.1) is 0 Å². The molecule has 4 nitrogen and oxygen atoms in total. The van der Waals surface area contributed by atoms with Crippen molar-refractivity contribution in [2.24, 2.45) is 0 Å². The summed E-state index contributed by atoms with van der Waals surface area (Å²) in [6.45, 7) is 4.92. The molecule has 0 aliphatic heterocycles. The molecule has 4 heteroatoms. The van der Waals surface area contributed by atoms with Gasteiger partial charge in [-0.2, -0.15) is 0 Å². The predicted octanol–water partition coefficient (Wildman–Crippen LogP) is 4.96. The van der Waals surface area contributed by atoms with Crippen molar-refractivity contribution in [3.63, 3.8) is 0 Å². The van der Waals surface area contributed by atoms with E-state index in [2.05, 4.69) is 13.8 Å². The Labute approximate surface area is 163 Å². The van der Waals surface area contributed by atoms with Gasteiger partial charge in [-0.25, -0.2) is 0 Å². The number of aliphatic hydroxyl groups excluding tert-OH is 4. The average molecular weight is 377 g/mol. The van der Waals surface area contributed by atoms with Crippen LogP contribution >= 0.6 is 0 Å². The molecule has 0 aliphatic carbocycles. The van der Waals surface area contributed by atoms with Gasteiger partial charge in [-0.1, -0.05) is 78.1 Å². The summed E-state index contributed by atoms with van der Waals surface area (Å²) in [5.74, 6) is 0. The molecule has 0 rings (SSSR count). The number of unbranched alkanes of at least 4 members (excludes halogenated alkanes) is 8. The van der Waals surface area contributed by atoms with Gasteiger partial charge in [0.25, 0.3) is 0 Å². The van der Waals surface area contributed by atoms with Gasteiger partial charge in [0.2, 0.25) is 0 Å². The normalized spacial score (nSPS) is 13.2. The van der Waals surface area contributed by atoms with E-state index in [1.807, 2.05) is 0 Å². The molecule has 0 bridgehead atoms. The number of hydrogen-bond acceptors (Lipinski definition) is 4. The minimum Gasteiger partial charge on any atom is -0.396 e. The summed E-state index contributed by atoms with van der Waals surface area (Å²) in [4.78, 5) is 0. The van der Waals surface area contributed by atoms with E-state index in [0.717, 1.165) is 77.0 Å². The van der Waals surface area contributed by atoms with Gasteiger partial charge < -0.3 is 20.4 Å². The lowest BCUT2D eigenvalue weighted by molar-refractivity contribution is 0.146. The smallest absolute Gasteiger partial charge is 0.0540 e. The molecule has 0 fully saturated rings. The first kappa shape index (κ1) is 28.1. The number of hydrogen-bond donors (Lipinski definition) is 4. The van der Waals surface area contributed by atoms with E-state index < -0.39 is 0 Å². The van der Waals surface area contributed by atoms with E-state index in [1.165, 1.54) is 25.7 Å². The molecule has 2 atom stereocenters. The lowest BCUT2D eigenvalue weighted by Gasteiger charge is -2.09. The summed E-state index contributed by atoms with van der Waals surface area (Å²) < 4.78 is 0. The van der Waals surface area contributed by atoms with Crippen molar-refractivity contribution in [1.29, 1.82) is 0 Å². The monoisotopic (exact) mass is 376 g/mol. The van der Waals surface area contributed by atoms with Gasteiger partial charge in [0, 0.05) is 13.2 Å². The Balaban J connectivity index is 0. The molecule has 4 N–H and O–H groups in total. The molecule has 0 saturated heterocycles. The fraction of sp³-hybridized carbons (Fsp3) is 1.00. The maximum Gasteiger partial charge on any atom is 0.0540 e. The summed E-state index contributed by atoms with van der Waals surface area (Å²) in [6, 6.07) is 0. The molecule has 160 valence electrons. The molecule has 0 radical (unpaired) electrons. The second-order valence-electron chi connectivity index (χ2n) is 7.45. The second kappa shape index (κ2) is 24.8. The number of aliphatic hydroxyl groups is 4. The van der Waals surface area contributed by atoms with Crippen molar-refractivity contribution in [2.75, 3.05) is 13.2 Å². The standard InChI is InChI=1S/2C11H24O2/c2*1-2-3-5-8-11(13)9-6-4-7-10-12/h2*11-13H,2-10H2,1H3. The summed E-state index contributed by atoms with van der Waals surface area (Å²) in [7, 11) is 0. The van der Waals surface area contributed by atoms with Crippen molar-refractivity contribution in [3.8, 4) is 0 Å². The van der Waals surface area contributed by atoms with Gasteiger partial charge in [-0.05, 0) is 38.5 Å². The molecule has 0 heterocycles. The molecule has 0 spiro atoms. The maximum absolute atomic E-state index is 9.51. The molecular weight excluding hydrogens is 328 g/mol. The summed E-state index contributed by atoms with van der Waals surface area (Å²) in [6.07, 6.45) is 16.6. The fourth-order valence-electron chi connectivity index (χ4n) is 2.89. The Morgan fingerprint density at radius 3 is 1.04 bits per heavy atom. The first-order chi connectivity index (χ1) is 12.6. The Morgan fingerprint density at radius 2 is 0.769 bits per heavy atom. The van der Waals surface area contributed by atoms with Crippen LogP contribution in [0.5, 0.6) is 0 Å². The van der Waals surface area contributed by atoms with Gasteiger partial charge in [0.05, 0.1) is 12.2 Å². The third-order valence-electron chi connectivity index (χ3n) is 4.67. The van der Waals surface area contributed by atoms with Crippen LogP contribution in [0.4, 0.5) is 0 Å². The topological polar surface area (TPSA) is 80.9 Å². The molecule has 0 saturated carbocycles. The minimum atomic E-state index is -0.106. The Morgan fingerprint density at radius 1 is 0.462 bits per heavy atom. The van der Waals surface area contributed by atoms with Crippen LogP contribution in [0.25, 0.3) is 0 Å². The highest BCUT2D eigenvalue weighted by molar-refractivity contribution is 4.57. The molecule has 0 aliphatic rings. The SMILES string of the molecule is CCCCCC(O)CCCCCO.CCCCCC(O)CCCCCO. The molecule has 0 aromatic heterocycles.